The molecule has 0 spiro atoms. The lowest BCUT2D eigenvalue weighted by atomic mass is 10.1. The van der Waals surface area contributed by atoms with Crippen molar-refractivity contribution in [1.29, 1.82) is 0 Å². The monoisotopic (exact) mass is 479 g/mol. The average molecular weight is 480 g/mol. The van der Waals surface area contributed by atoms with Crippen LogP contribution in [0.25, 0.3) is 0 Å². The molecule has 0 aliphatic rings. The molecule has 1 aromatic rings. The molecular formula is C19H26ClNO9S. The number of ether oxygens (including phenoxy) is 4. The van der Waals surface area contributed by atoms with Crippen molar-refractivity contribution in [1.82, 2.24) is 0 Å². The Kier molecular flexibility index (Phi) is 7.96. The third-order valence-corrected chi connectivity index (χ3v) is 4.69. The number of amides is 2. The van der Waals surface area contributed by atoms with E-state index in [0.29, 0.717) is 4.90 Å². The van der Waals surface area contributed by atoms with Crippen LogP contribution < -0.4 is 9.64 Å². The van der Waals surface area contributed by atoms with Crippen LogP contribution in [0.15, 0.2) is 17.0 Å². The lowest BCUT2D eigenvalue weighted by Crippen LogP contribution is -2.44. The fourth-order valence-corrected chi connectivity index (χ4v) is 3.32. The number of hydrogen-bond donors (Lipinski definition) is 0. The van der Waals surface area contributed by atoms with Gasteiger partial charge in [0.2, 0.25) is 0 Å². The van der Waals surface area contributed by atoms with E-state index >= 15 is 0 Å². The lowest BCUT2D eigenvalue weighted by Gasteiger charge is -2.29. The standard InChI is InChI=1S/C19H26ClNO9S/c1-18(2,3)29-16(23)21(17(24)30-19(4,5)6)11-9-10-12(31(20,25)26)14(27-7)13(11)15(22)28-8/h9-10H,1-8H3. The minimum absolute atomic E-state index is 0.378. The van der Waals surface area contributed by atoms with Crippen molar-refractivity contribution < 1.29 is 41.7 Å². The van der Waals surface area contributed by atoms with Crippen LogP contribution in [-0.4, -0.2) is 52.0 Å². The Morgan fingerprint density at radius 3 is 1.68 bits per heavy atom. The van der Waals surface area contributed by atoms with E-state index in [-0.39, 0.29) is 5.69 Å². The second kappa shape index (κ2) is 9.31. The molecule has 0 unspecified atom stereocenters. The zero-order valence-corrected chi connectivity index (χ0v) is 20.1. The second-order valence-electron chi connectivity index (χ2n) is 8.22. The van der Waals surface area contributed by atoms with Crippen molar-refractivity contribution in [3.63, 3.8) is 0 Å². The number of halogens is 1. The number of anilines is 1. The van der Waals surface area contributed by atoms with Gasteiger partial charge >= 0.3 is 18.2 Å². The number of carbonyl (C=O) groups excluding carboxylic acids is 3. The molecule has 0 N–H and O–H groups in total. The number of hydrogen-bond acceptors (Lipinski definition) is 9. The zero-order chi connectivity index (χ0) is 24.4. The van der Waals surface area contributed by atoms with Crippen LogP contribution in [0.2, 0.25) is 0 Å². The summed E-state index contributed by atoms with van der Waals surface area (Å²) in [5.41, 5.74) is -2.93. The first-order valence-electron chi connectivity index (χ1n) is 8.93. The molecule has 0 heterocycles. The minimum Gasteiger partial charge on any atom is -0.494 e. The molecule has 0 fully saturated rings. The van der Waals surface area contributed by atoms with Gasteiger partial charge in [-0.05, 0) is 53.7 Å². The third kappa shape index (κ3) is 7.00. The first-order valence-corrected chi connectivity index (χ1v) is 11.2. The van der Waals surface area contributed by atoms with Crippen LogP contribution in [0, 0.1) is 0 Å². The topological polar surface area (TPSA) is 126 Å². The first kappa shape index (κ1) is 26.5. The Morgan fingerprint density at radius 1 is 0.903 bits per heavy atom. The van der Waals surface area contributed by atoms with Crippen LogP contribution in [-0.2, 0) is 23.3 Å². The molecule has 10 nitrogen and oxygen atoms in total. The van der Waals surface area contributed by atoms with Gasteiger partial charge in [-0.25, -0.2) is 22.8 Å². The van der Waals surface area contributed by atoms with Gasteiger partial charge in [0.25, 0.3) is 9.05 Å². The van der Waals surface area contributed by atoms with E-state index < -0.39 is 54.6 Å². The summed E-state index contributed by atoms with van der Waals surface area (Å²) in [6, 6.07) is 2.00. The lowest BCUT2D eigenvalue weighted by molar-refractivity contribution is 0.0430. The molecule has 1 aromatic carbocycles. The highest BCUT2D eigenvalue weighted by Gasteiger charge is 2.38. The molecule has 0 aliphatic carbocycles. The van der Waals surface area contributed by atoms with E-state index in [1.807, 2.05) is 0 Å². The highest BCUT2D eigenvalue weighted by Crippen LogP contribution is 2.38. The Morgan fingerprint density at radius 2 is 1.35 bits per heavy atom. The van der Waals surface area contributed by atoms with Gasteiger partial charge in [-0.15, -0.1) is 0 Å². The van der Waals surface area contributed by atoms with Gasteiger partial charge in [0.05, 0.1) is 19.9 Å². The average Bonchev–Trinajstić information content (AvgIpc) is 2.56. The van der Waals surface area contributed by atoms with E-state index in [9.17, 15) is 22.8 Å². The summed E-state index contributed by atoms with van der Waals surface area (Å²) in [6.07, 6.45) is -2.34. The first-order chi connectivity index (χ1) is 13.9. The summed E-state index contributed by atoms with van der Waals surface area (Å²) in [7, 11) is 3.19. The largest absolute Gasteiger partial charge is 0.494 e. The highest BCUT2D eigenvalue weighted by atomic mass is 35.7. The van der Waals surface area contributed by atoms with Gasteiger partial charge in [0.1, 0.15) is 21.7 Å². The van der Waals surface area contributed by atoms with Crippen molar-refractivity contribution in [3.8, 4) is 5.75 Å². The van der Waals surface area contributed by atoms with Crippen LogP contribution in [0.4, 0.5) is 15.3 Å². The molecule has 2 amide bonds. The van der Waals surface area contributed by atoms with Gasteiger partial charge in [-0.2, -0.15) is 4.90 Å². The van der Waals surface area contributed by atoms with Crippen LogP contribution in [0.1, 0.15) is 51.9 Å². The van der Waals surface area contributed by atoms with Crippen molar-refractivity contribution in [2.75, 3.05) is 19.1 Å². The molecular weight excluding hydrogens is 454 g/mol. The fourth-order valence-electron chi connectivity index (χ4n) is 2.32. The summed E-state index contributed by atoms with van der Waals surface area (Å²) in [4.78, 5) is 38.2. The van der Waals surface area contributed by atoms with E-state index in [1.165, 1.54) is 0 Å². The van der Waals surface area contributed by atoms with Crippen LogP contribution >= 0.6 is 10.7 Å². The van der Waals surface area contributed by atoms with E-state index in [0.717, 1.165) is 26.4 Å². The summed E-state index contributed by atoms with van der Waals surface area (Å²) >= 11 is 0. The Balaban J connectivity index is 3.90. The van der Waals surface area contributed by atoms with Crippen LogP contribution in [0.5, 0.6) is 5.75 Å². The highest BCUT2D eigenvalue weighted by molar-refractivity contribution is 8.13. The third-order valence-electron chi connectivity index (χ3n) is 3.35. The maximum atomic E-state index is 12.9. The maximum absolute atomic E-state index is 12.9. The SMILES string of the molecule is COC(=O)c1c(N(C(=O)OC(C)(C)C)C(=O)OC(C)(C)C)ccc(S(=O)(=O)Cl)c1OC. The Hall–Kier alpha value is -2.53. The predicted molar refractivity (Wildman–Crippen MR) is 112 cm³/mol. The molecule has 0 bridgehead atoms. The van der Waals surface area contributed by atoms with Gasteiger partial charge in [-0.1, -0.05) is 0 Å². The van der Waals surface area contributed by atoms with E-state index in [4.69, 9.17) is 29.6 Å². The van der Waals surface area contributed by atoms with Gasteiger partial charge < -0.3 is 18.9 Å². The maximum Gasteiger partial charge on any atom is 0.424 e. The van der Waals surface area contributed by atoms with Gasteiger partial charge in [0, 0.05) is 10.7 Å². The van der Waals surface area contributed by atoms with E-state index in [2.05, 4.69) is 0 Å². The predicted octanol–water partition coefficient (Wildman–Crippen LogP) is 4.09. The molecule has 31 heavy (non-hydrogen) atoms. The fraction of sp³-hybridized carbons (Fsp3) is 0.526. The normalized spacial score (nSPS) is 12.0. The summed E-state index contributed by atoms with van der Waals surface area (Å²) in [5, 5.41) is 0. The summed E-state index contributed by atoms with van der Waals surface area (Å²) in [6.45, 7) is 9.44. The molecule has 0 aliphatic heterocycles. The molecule has 0 aromatic heterocycles. The zero-order valence-electron chi connectivity index (χ0n) is 18.6. The van der Waals surface area contributed by atoms with Crippen LogP contribution in [0.3, 0.4) is 0 Å². The van der Waals surface area contributed by atoms with Crippen molar-refractivity contribution >= 4 is 43.6 Å². The number of esters is 1. The molecule has 0 saturated carbocycles. The Bertz CT molecular complexity index is 947. The van der Waals surface area contributed by atoms with Gasteiger partial charge in [0.15, 0.2) is 5.75 Å². The Labute approximate surface area is 185 Å². The quantitative estimate of drug-likeness (QED) is 0.356. The number of carbonyl (C=O) groups is 3. The van der Waals surface area contributed by atoms with Crippen molar-refractivity contribution in [2.24, 2.45) is 0 Å². The number of methoxy groups -OCH3 is 2. The van der Waals surface area contributed by atoms with Crippen molar-refractivity contribution in [2.45, 2.75) is 57.6 Å². The molecule has 0 atom stereocenters. The number of rotatable bonds is 4. The number of imide groups is 1. The molecule has 0 radical (unpaired) electrons. The number of benzene rings is 1. The molecule has 1 rings (SSSR count). The molecule has 0 saturated heterocycles. The van der Waals surface area contributed by atoms with E-state index in [1.54, 1.807) is 41.5 Å². The molecule has 12 heteroatoms. The number of nitrogens with zero attached hydrogens (tertiary/aromatic N) is 1. The molecule has 174 valence electrons. The van der Waals surface area contributed by atoms with Gasteiger partial charge in [-0.3, -0.25) is 0 Å². The summed E-state index contributed by atoms with van der Waals surface area (Å²) in [5.74, 6) is -1.61. The van der Waals surface area contributed by atoms with Crippen molar-refractivity contribution in [3.05, 3.63) is 17.7 Å². The summed E-state index contributed by atoms with van der Waals surface area (Å²) < 4.78 is 44.2. The minimum atomic E-state index is -4.36. The smallest absolute Gasteiger partial charge is 0.424 e. The second-order valence-corrected chi connectivity index (χ2v) is 10.8.